The van der Waals surface area contributed by atoms with E-state index in [9.17, 15) is 0 Å². The van der Waals surface area contributed by atoms with Gasteiger partial charge in [-0.15, -0.1) is 0 Å². The number of ether oxygens (including phenoxy) is 1. The van der Waals surface area contributed by atoms with Crippen molar-refractivity contribution in [3.63, 3.8) is 0 Å². The molecule has 0 spiro atoms. The highest BCUT2D eigenvalue weighted by molar-refractivity contribution is 4.47. The van der Waals surface area contributed by atoms with Gasteiger partial charge in [-0.2, -0.15) is 0 Å². The van der Waals surface area contributed by atoms with Crippen LogP contribution in [0, 0.1) is 0 Å². The van der Waals surface area contributed by atoms with Gasteiger partial charge in [-0.3, -0.25) is 0 Å². The molecule has 0 aromatic rings. The van der Waals surface area contributed by atoms with Crippen molar-refractivity contribution < 1.29 is 25.2 Å². The summed E-state index contributed by atoms with van der Waals surface area (Å²) in [7, 11) is 0. The Bertz CT molecular complexity index is 105. The van der Waals surface area contributed by atoms with E-state index in [0.717, 1.165) is 0 Å². The summed E-state index contributed by atoms with van der Waals surface area (Å²) in [5.74, 6) is 0. The summed E-state index contributed by atoms with van der Waals surface area (Å²) in [6, 6.07) is 0. The molecule has 0 fully saturated rings. The van der Waals surface area contributed by atoms with Crippen molar-refractivity contribution in [1.29, 1.82) is 0 Å². The van der Waals surface area contributed by atoms with Gasteiger partial charge in [0, 0.05) is 0 Å². The van der Waals surface area contributed by atoms with Crippen molar-refractivity contribution in [2.24, 2.45) is 0 Å². The first-order valence-corrected chi connectivity index (χ1v) is 4.63. The third-order valence-corrected chi connectivity index (χ3v) is 1.14. The minimum Gasteiger partial charge on any atom is -0.394 e. The summed E-state index contributed by atoms with van der Waals surface area (Å²) in [6.07, 6.45) is -1.17. The highest BCUT2D eigenvalue weighted by Crippen LogP contribution is 1.90. The summed E-state index contributed by atoms with van der Waals surface area (Å²) in [4.78, 5) is 0. The monoisotopic (exact) mass is 210 g/mol. The maximum absolute atomic E-state index is 8.69. The topological polar surface area (TPSA) is 90.2 Å². The summed E-state index contributed by atoms with van der Waals surface area (Å²) in [6.45, 7) is 5.08. The van der Waals surface area contributed by atoms with Gasteiger partial charge in [0.05, 0.1) is 38.1 Å². The lowest BCUT2D eigenvalue weighted by Crippen LogP contribution is -2.19. The Morgan fingerprint density at radius 3 is 1.57 bits per heavy atom. The van der Waals surface area contributed by atoms with E-state index in [1.54, 1.807) is 13.8 Å². The molecule has 0 saturated heterocycles. The minimum atomic E-state index is -0.560. The third kappa shape index (κ3) is 17.8. The Morgan fingerprint density at radius 2 is 1.36 bits per heavy atom. The number of aliphatic hydroxyl groups excluding tert-OH is 4. The summed E-state index contributed by atoms with van der Waals surface area (Å²) < 4.78 is 4.95. The van der Waals surface area contributed by atoms with Gasteiger partial charge in [0.1, 0.15) is 0 Å². The van der Waals surface area contributed by atoms with E-state index in [0.29, 0.717) is 6.61 Å². The van der Waals surface area contributed by atoms with Crippen LogP contribution in [-0.2, 0) is 4.74 Å². The molecule has 0 aliphatic carbocycles. The maximum atomic E-state index is 8.69. The number of hydrogen-bond acceptors (Lipinski definition) is 5. The molecule has 0 bridgehead atoms. The molecule has 0 amide bonds. The van der Waals surface area contributed by atoms with E-state index in [-0.39, 0.29) is 19.3 Å². The van der Waals surface area contributed by atoms with Gasteiger partial charge in [-0.1, -0.05) is 0 Å². The first-order chi connectivity index (χ1) is 6.43. The van der Waals surface area contributed by atoms with Crippen LogP contribution in [0.15, 0.2) is 0 Å². The molecule has 3 atom stereocenters. The maximum Gasteiger partial charge on any atom is 0.0779 e. The smallest absolute Gasteiger partial charge is 0.0779 e. The Kier molecular flexibility index (Phi) is 12.6. The average Bonchev–Trinajstić information content (AvgIpc) is 2.14. The van der Waals surface area contributed by atoms with Gasteiger partial charge in [0.2, 0.25) is 0 Å². The van der Waals surface area contributed by atoms with Crippen molar-refractivity contribution in [1.82, 2.24) is 0 Å². The molecule has 5 nitrogen and oxygen atoms in total. The van der Waals surface area contributed by atoms with Gasteiger partial charge < -0.3 is 25.2 Å². The Hall–Kier alpha value is -0.200. The standard InChI is InChI=1S/C6H14O3.C3H8O2/c1-5(8)4-9-6(2)3-7;1-3(5)2-4/h5-8H,3-4H2,1-2H3;3-5H,2H2,1H3. The Balaban J connectivity index is 0. The predicted octanol–water partition coefficient (Wildman–Crippen LogP) is -0.876. The summed E-state index contributed by atoms with van der Waals surface area (Å²) in [5, 5.41) is 33.1. The van der Waals surface area contributed by atoms with Crippen molar-refractivity contribution in [3.8, 4) is 0 Å². The van der Waals surface area contributed by atoms with Crippen molar-refractivity contribution in [2.45, 2.75) is 39.1 Å². The van der Waals surface area contributed by atoms with Gasteiger partial charge in [-0.25, -0.2) is 0 Å². The summed E-state index contributed by atoms with van der Waals surface area (Å²) >= 11 is 0. The van der Waals surface area contributed by atoms with Crippen LogP contribution in [0.3, 0.4) is 0 Å². The second-order valence-corrected chi connectivity index (χ2v) is 3.21. The zero-order valence-electron chi connectivity index (χ0n) is 9.05. The van der Waals surface area contributed by atoms with Crippen molar-refractivity contribution in [3.05, 3.63) is 0 Å². The molecule has 3 unspecified atom stereocenters. The molecule has 14 heavy (non-hydrogen) atoms. The average molecular weight is 210 g/mol. The lowest BCUT2D eigenvalue weighted by molar-refractivity contribution is -0.0177. The zero-order chi connectivity index (χ0) is 11.6. The quantitative estimate of drug-likeness (QED) is 0.473. The fourth-order valence-electron chi connectivity index (χ4n) is 0.356. The molecular weight excluding hydrogens is 188 g/mol. The fraction of sp³-hybridized carbons (Fsp3) is 1.00. The second kappa shape index (κ2) is 10.9. The third-order valence-electron chi connectivity index (χ3n) is 1.14. The molecule has 0 aliphatic heterocycles. The zero-order valence-corrected chi connectivity index (χ0v) is 9.05. The van der Waals surface area contributed by atoms with E-state index in [1.807, 2.05) is 0 Å². The number of rotatable bonds is 5. The molecule has 5 heteroatoms. The molecule has 0 aliphatic rings. The van der Waals surface area contributed by atoms with Crippen LogP contribution in [-0.4, -0.2) is 58.6 Å². The van der Waals surface area contributed by atoms with Gasteiger partial charge in [-0.05, 0) is 20.8 Å². The Morgan fingerprint density at radius 1 is 0.929 bits per heavy atom. The highest BCUT2D eigenvalue weighted by Gasteiger charge is 2.00. The van der Waals surface area contributed by atoms with Crippen LogP contribution < -0.4 is 0 Å². The number of aliphatic hydroxyl groups is 4. The first-order valence-electron chi connectivity index (χ1n) is 4.63. The van der Waals surface area contributed by atoms with Crippen LogP contribution in [0.1, 0.15) is 20.8 Å². The van der Waals surface area contributed by atoms with Crippen LogP contribution in [0.2, 0.25) is 0 Å². The van der Waals surface area contributed by atoms with Crippen molar-refractivity contribution >= 4 is 0 Å². The second-order valence-electron chi connectivity index (χ2n) is 3.21. The normalized spacial score (nSPS) is 16.5. The lowest BCUT2D eigenvalue weighted by Gasteiger charge is -2.10. The molecule has 4 N–H and O–H groups in total. The van der Waals surface area contributed by atoms with Crippen LogP contribution >= 0.6 is 0 Å². The number of hydrogen-bond donors (Lipinski definition) is 4. The lowest BCUT2D eigenvalue weighted by atomic mass is 10.4. The molecule has 0 heterocycles. The van der Waals surface area contributed by atoms with Crippen LogP contribution in [0.25, 0.3) is 0 Å². The predicted molar refractivity (Wildman–Crippen MR) is 52.9 cm³/mol. The van der Waals surface area contributed by atoms with E-state index in [4.69, 9.17) is 25.2 Å². The fourth-order valence-corrected chi connectivity index (χ4v) is 0.356. The first kappa shape index (κ1) is 16.2. The molecule has 0 saturated carbocycles. The summed E-state index contributed by atoms with van der Waals surface area (Å²) in [5.41, 5.74) is 0. The van der Waals surface area contributed by atoms with Crippen LogP contribution in [0.4, 0.5) is 0 Å². The van der Waals surface area contributed by atoms with Gasteiger partial charge in [0.15, 0.2) is 0 Å². The van der Waals surface area contributed by atoms with E-state index in [2.05, 4.69) is 0 Å². The molecule has 0 aromatic carbocycles. The van der Waals surface area contributed by atoms with Gasteiger partial charge >= 0.3 is 0 Å². The molecule has 0 aromatic heterocycles. The van der Waals surface area contributed by atoms with Gasteiger partial charge in [0.25, 0.3) is 0 Å². The van der Waals surface area contributed by atoms with E-state index in [1.165, 1.54) is 6.92 Å². The highest BCUT2D eigenvalue weighted by atomic mass is 16.5. The van der Waals surface area contributed by atoms with E-state index < -0.39 is 12.2 Å². The molecule has 0 rings (SSSR count). The minimum absolute atomic E-state index is 0.00667. The molecule has 0 radical (unpaired) electrons. The molecular formula is C9H22O5. The SMILES string of the molecule is CC(O)CO.CC(O)COC(C)CO. The van der Waals surface area contributed by atoms with Crippen molar-refractivity contribution in [2.75, 3.05) is 19.8 Å². The van der Waals surface area contributed by atoms with Crippen LogP contribution in [0.5, 0.6) is 0 Å². The largest absolute Gasteiger partial charge is 0.394 e. The Labute approximate surface area is 85.0 Å². The van der Waals surface area contributed by atoms with E-state index >= 15 is 0 Å². The molecule has 88 valence electrons.